The molecule has 2 rings (SSSR count). The van der Waals surface area contributed by atoms with Crippen LogP contribution >= 0.6 is 0 Å². The Bertz CT molecular complexity index is 214. The molecule has 2 heterocycles. The maximum absolute atomic E-state index is 11.3. The second-order valence-electron chi connectivity index (χ2n) is 3.63. The molecule has 3 atom stereocenters. The van der Waals surface area contributed by atoms with E-state index in [1.165, 1.54) is 7.11 Å². The quantitative estimate of drug-likeness (QED) is 0.518. The summed E-state index contributed by atoms with van der Waals surface area (Å²) in [5, 5.41) is 12.6. The van der Waals surface area contributed by atoms with E-state index in [1.54, 1.807) is 0 Å². The number of ether oxygens (including phenoxy) is 1. The third-order valence-electron chi connectivity index (χ3n) is 2.94. The van der Waals surface area contributed by atoms with Crippen LogP contribution in [-0.4, -0.2) is 35.9 Å². The molecule has 0 aromatic carbocycles. The van der Waals surface area contributed by atoms with Crippen LogP contribution in [0.25, 0.3) is 0 Å². The number of nitrogens with one attached hydrogen (secondary N) is 1. The van der Waals surface area contributed by atoms with Gasteiger partial charge in [-0.05, 0) is 12.8 Å². The highest BCUT2D eigenvalue weighted by Gasteiger charge is 2.55. The van der Waals surface area contributed by atoms with Crippen molar-refractivity contribution >= 4 is 5.97 Å². The fourth-order valence-electron chi connectivity index (χ4n) is 2.29. The highest BCUT2D eigenvalue weighted by molar-refractivity contribution is 5.82. The summed E-state index contributed by atoms with van der Waals surface area (Å²) in [5.41, 5.74) is -0.571. The first-order valence-electron chi connectivity index (χ1n) is 4.22. The van der Waals surface area contributed by atoms with E-state index in [0.717, 1.165) is 12.8 Å². The van der Waals surface area contributed by atoms with Gasteiger partial charge in [0.25, 0.3) is 0 Å². The molecule has 4 nitrogen and oxygen atoms in total. The third kappa shape index (κ3) is 0.881. The Balaban J connectivity index is 2.18. The minimum absolute atomic E-state index is 0.101. The predicted molar refractivity (Wildman–Crippen MR) is 41.5 cm³/mol. The van der Waals surface area contributed by atoms with Crippen LogP contribution in [0.15, 0.2) is 0 Å². The zero-order chi connectivity index (χ0) is 8.77. The van der Waals surface area contributed by atoms with Gasteiger partial charge in [-0.2, -0.15) is 0 Å². The van der Waals surface area contributed by atoms with Gasteiger partial charge in [0, 0.05) is 12.5 Å². The van der Waals surface area contributed by atoms with Gasteiger partial charge >= 0.3 is 5.97 Å². The number of esters is 1. The van der Waals surface area contributed by atoms with Crippen LogP contribution in [0.1, 0.15) is 19.3 Å². The van der Waals surface area contributed by atoms with Crippen LogP contribution < -0.4 is 5.32 Å². The topological polar surface area (TPSA) is 58.6 Å². The van der Waals surface area contributed by atoms with Gasteiger partial charge in [-0.15, -0.1) is 0 Å². The molecule has 2 N–H and O–H groups in total. The number of aliphatic hydroxyl groups is 1. The molecule has 0 aliphatic carbocycles. The van der Waals surface area contributed by atoms with Crippen molar-refractivity contribution < 1.29 is 14.6 Å². The van der Waals surface area contributed by atoms with E-state index in [4.69, 9.17) is 4.74 Å². The van der Waals surface area contributed by atoms with Crippen molar-refractivity contribution in [2.24, 2.45) is 0 Å². The summed E-state index contributed by atoms with van der Waals surface area (Å²) in [7, 11) is 1.39. The van der Waals surface area contributed by atoms with Crippen LogP contribution in [0.5, 0.6) is 0 Å². The molecule has 2 aliphatic rings. The maximum Gasteiger partial charge on any atom is 0.326 e. The Morgan fingerprint density at radius 2 is 2.50 bits per heavy atom. The zero-order valence-corrected chi connectivity index (χ0v) is 7.04. The Labute approximate surface area is 70.9 Å². The minimum Gasteiger partial charge on any atom is -0.468 e. The number of carbonyl (C=O) groups is 1. The SMILES string of the molecule is COC(=O)C12CCC(N1)C(O)C2. The fraction of sp³-hybridized carbons (Fsp3) is 0.875. The van der Waals surface area contributed by atoms with Crippen molar-refractivity contribution in [3.63, 3.8) is 0 Å². The first-order valence-corrected chi connectivity index (χ1v) is 4.22. The largest absolute Gasteiger partial charge is 0.468 e. The van der Waals surface area contributed by atoms with Gasteiger partial charge in [0.2, 0.25) is 0 Å². The first kappa shape index (κ1) is 8.01. The first-order chi connectivity index (χ1) is 5.68. The van der Waals surface area contributed by atoms with Crippen molar-refractivity contribution in [1.82, 2.24) is 5.32 Å². The summed E-state index contributed by atoms with van der Waals surface area (Å²) in [5.74, 6) is -0.235. The molecule has 2 aliphatic heterocycles. The van der Waals surface area contributed by atoms with Gasteiger partial charge in [-0.3, -0.25) is 10.1 Å². The normalized spacial score (nSPS) is 44.8. The number of hydrogen-bond donors (Lipinski definition) is 2. The molecule has 2 fully saturated rings. The molecule has 12 heavy (non-hydrogen) atoms. The fourth-order valence-corrected chi connectivity index (χ4v) is 2.29. The second kappa shape index (κ2) is 2.44. The van der Waals surface area contributed by atoms with Gasteiger partial charge < -0.3 is 9.84 Å². The molecular weight excluding hydrogens is 158 g/mol. The Morgan fingerprint density at radius 3 is 2.92 bits per heavy atom. The molecule has 0 radical (unpaired) electrons. The van der Waals surface area contributed by atoms with Gasteiger partial charge in [0.1, 0.15) is 5.54 Å². The lowest BCUT2D eigenvalue weighted by atomic mass is 9.86. The standard InChI is InChI=1S/C8H13NO3/c1-12-7(11)8-3-2-5(9-8)6(10)4-8/h5-6,9-10H,2-4H2,1H3. The molecule has 0 aromatic heterocycles. The van der Waals surface area contributed by atoms with Crippen molar-refractivity contribution in [2.75, 3.05) is 7.11 Å². The van der Waals surface area contributed by atoms with Gasteiger partial charge in [-0.1, -0.05) is 0 Å². The lowest BCUT2D eigenvalue weighted by Crippen LogP contribution is -2.45. The molecular formula is C8H13NO3. The summed E-state index contributed by atoms with van der Waals surface area (Å²) >= 11 is 0. The van der Waals surface area contributed by atoms with E-state index in [2.05, 4.69) is 5.32 Å². The molecule has 0 saturated carbocycles. The monoisotopic (exact) mass is 171 g/mol. The molecule has 2 saturated heterocycles. The molecule has 0 spiro atoms. The van der Waals surface area contributed by atoms with E-state index in [0.29, 0.717) is 6.42 Å². The number of carbonyl (C=O) groups excluding carboxylic acids is 1. The number of aliphatic hydroxyl groups excluding tert-OH is 1. The Hall–Kier alpha value is -0.610. The minimum atomic E-state index is -0.571. The number of methoxy groups -OCH3 is 1. The lowest BCUT2D eigenvalue weighted by Gasteiger charge is -2.23. The maximum atomic E-state index is 11.3. The summed E-state index contributed by atoms with van der Waals surface area (Å²) in [6, 6.07) is 0.101. The predicted octanol–water partition coefficient (Wildman–Crippen LogP) is -0.585. The van der Waals surface area contributed by atoms with Crippen molar-refractivity contribution in [3.8, 4) is 0 Å². The lowest BCUT2D eigenvalue weighted by molar-refractivity contribution is -0.148. The second-order valence-corrected chi connectivity index (χ2v) is 3.63. The molecule has 0 aromatic rings. The van der Waals surface area contributed by atoms with E-state index in [1.807, 2.05) is 0 Å². The summed E-state index contributed by atoms with van der Waals surface area (Å²) < 4.78 is 4.69. The molecule has 2 bridgehead atoms. The zero-order valence-electron chi connectivity index (χ0n) is 7.04. The average Bonchev–Trinajstić information content (AvgIpc) is 2.60. The third-order valence-corrected chi connectivity index (χ3v) is 2.94. The van der Waals surface area contributed by atoms with E-state index >= 15 is 0 Å². The summed E-state index contributed by atoms with van der Waals surface area (Å²) in [6.45, 7) is 0. The van der Waals surface area contributed by atoms with Crippen LogP contribution in [0.3, 0.4) is 0 Å². The highest BCUT2D eigenvalue weighted by Crippen LogP contribution is 2.38. The van der Waals surface area contributed by atoms with Crippen molar-refractivity contribution in [2.45, 2.75) is 36.9 Å². The van der Waals surface area contributed by atoms with Gasteiger partial charge in [-0.25, -0.2) is 0 Å². The van der Waals surface area contributed by atoms with Crippen molar-refractivity contribution in [1.29, 1.82) is 0 Å². The Morgan fingerprint density at radius 1 is 1.75 bits per heavy atom. The molecule has 0 amide bonds. The smallest absolute Gasteiger partial charge is 0.326 e. The van der Waals surface area contributed by atoms with Crippen LogP contribution in [0.4, 0.5) is 0 Å². The number of rotatable bonds is 1. The van der Waals surface area contributed by atoms with E-state index in [9.17, 15) is 9.90 Å². The number of hydrogen-bond acceptors (Lipinski definition) is 4. The average molecular weight is 171 g/mol. The van der Waals surface area contributed by atoms with E-state index in [-0.39, 0.29) is 18.1 Å². The van der Waals surface area contributed by atoms with Gasteiger partial charge in [0.15, 0.2) is 0 Å². The number of fused-ring (bicyclic) bond motifs is 2. The van der Waals surface area contributed by atoms with Crippen LogP contribution in [-0.2, 0) is 9.53 Å². The Kier molecular flexibility index (Phi) is 1.63. The molecule has 68 valence electrons. The molecule has 4 heteroatoms. The summed E-state index contributed by atoms with van der Waals surface area (Å²) in [4.78, 5) is 11.3. The van der Waals surface area contributed by atoms with Crippen LogP contribution in [0.2, 0.25) is 0 Å². The summed E-state index contributed by atoms with van der Waals surface area (Å²) in [6.07, 6.45) is 1.79. The van der Waals surface area contributed by atoms with Gasteiger partial charge in [0.05, 0.1) is 13.2 Å². The highest BCUT2D eigenvalue weighted by atomic mass is 16.5. The molecule has 3 unspecified atom stereocenters. The van der Waals surface area contributed by atoms with E-state index < -0.39 is 5.54 Å². The van der Waals surface area contributed by atoms with Crippen LogP contribution in [0, 0.1) is 0 Å². The van der Waals surface area contributed by atoms with Crippen molar-refractivity contribution in [3.05, 3.63) is 0 Å².